The van der Waals surface area contributed by atoms with Gasteiger partial charge in [-0.3, -0.25) is 4.79 Å². The molecular weight excluding hydrogens is 466 g/mol. The first kappa shape index (κ1) is 26.4. The molecule has 3 aromatic carbocycles. The van der Waals surface area contributed by atoms with Gasteiger partial charge in [0.25, 0.3) is 0 Å². The number of fused-ring (bicyclic) bond motifs is 1. The molecule has 0 saturated carbocycles. The van der Waals surface area contributed by atoms with Gasteiger partial charge in [0, 0.05) is 13.0 Å². The van der Waals surface area contributed by atoms with Gasteiger partial charge in [0.1, 0.15) is 11.3 Å². The number of methoxy groups -OCH3 is 2. The number of aromatic nitrogens is 3. The number of hydrogen-bond acceptors (Lipinski definition) is 6. The first-order chi connectivity index (χ1) is 17.7. The van der Waals surface area contributed by atoms with Crippen LogP contribution < -0.4 is 4.74 Å². The third kappa shape index (κ3) is 5.23. The molecule has 194 valence electrons. The average Bonchev–Trinajstić information content (AvgIpc) is 3.28. The van der Waals surface area contributed by atoms with Crippen LogP contribution in [-0.2, 0) is 34.5 Å². The summed E-state index contributed by atoms with van der Waals surface area (Å²) >= 11 is 0. The van der Waals surface area contributed by atoms with Crippen LogP contribution in [0.3, 0.4) is 0 Å². The summed E-state index contributed by atoms with van der Waals surface area (Å²) in [6, 6.07) is 18.3. The zero-order valence-corrected chi connectivity index (χ0v) is 22.7. The minimum absolute atomic E-state index is 0.257. The van der Waals surface area contributed by atoms with Crippen molar-refractivity contribution in [1.29, 1.82) is 0 Å². The summed E-state index contributed by atoms with van der Waals surface area (Å²) in [6.45, 7) is 8.94. The topological polar surface area (TPSA) is 75.5 Å². The molecule has 7 heteroatoms. The van der Waals surface area contributed by atoms with Crippen molar-refractivity contribution in [2.45, 2.75) is 46.8 Å². The van der Waals surface area contributed by atoms with Gasteiger partial charge < -0.3 is 14.2 Å². The zero-order valence-electron chi connectivity index (χ0n) is 22.7. The third-order valence-corrected chi connectivity index (χ3v) is 7.22. The van der Waals surface area contributed by atoms with E-state index < -0.39 is 5.41 Å². The normalized spacial score (nSPS) is 12.5. The molecule has 7 nitrogen and oxygen atoms in total. The molecule has 0 N–H and O–H groups in total. The van der Waals surface area contributed by atoms with Gasteiger partial charge >= 0.3 is 5.97 Å². The highest BCUT2D eigenvalue weighted by molar-refractivity contribution is 5.82. The molecule has 1 heterocycles. The molecule has 4 aromatic rings. The van der Waals surface area contributed by atoms with Crippen LogP contribution in [-0.4, -0.2) is 35.2 Å². The smallest absolute Gasteiger partial charge is 0.312 e. The lowest BCUT2D eigenvalue weighted by molar-refractivity contribution is -0.151. The van der Waals surface area contributed by atoms with Gasteiger partial charge in [-0.25, -0.2) is 4.68 Å². The molecule has 0 spiro atoms. The van der Waals surface area contributed by atoms with E-state index >= 15 is 0 Å². The van der Waals surface area contributed by atoms with Crippen molar-refractivity contribution in [1.82, 2.24) is 15.0 Å². The molecular formula is C30H35N3O4. The zero-order chi connectivity index (χ0) is 26.7. The van der Waals surface area contributed by atoms with E-state index in [1.54, 1.807) is 11.8 Å². The third-order valence-electron chi connectivity index (χ3n) is 7.22. The Bertz CT molecular complexity index is 1410. The van der Waals surface area contributed by atoms with Crippen molar-refractivity contribution >= 4 is 17.0 Å². The number of rotatable bonds is 9. The number of carbonyl (C=O) groups is 1. The van der Waals surface area contributed by atoms with Crippen molar-refractivity contribution in [2.24, 2.45) is 12.5 Å². The second-order valence-corrected chi connectivity index (χ2v) is 10.0. The molecule has 0 radical (unpaired) electrons. The first-order valence-electron chi connectivity index (χ1n) is 12.3. The maximum absolute atomic E-state index is 13.0. The summed E-state index contributed by atoms with van der Waals surface area (Å²) in [5.74, 6) is 0.294. The molecule has 1 atom stereocenters. The minimum atomic E-state index is -0.828. The molecule has 0 aliphatic carbocycles. The highest BCUT2D eigenvalue weighted by Crippen LogP contribution is 2.44. The van der Waals surface area contributed by atoms with Crippen molar-refractivity contribution in [2.75, 3.05) is 14.2 Å². The fourth-order valence-electron chi connectivity index (χ4n) is 4.95. The second kappa shape index (κ2) is 10.7. The molecule has 0 fully saturated rings. The van der Waals surface area contributed by atoms with Gasteiger partial charge in [0.2, 0.25) is 0 Å². The van der Waals surface area contributed by atoms with E-state index in [0.717, 1.165) is 50.2 Å². The number of ether oxygens (including phenoxy) is 3. The average molecular weight is 502 g/mol. The van der Waals surface area contributed by atoms with E-state index in [9.17, 15) is 4.79 Å². The molecule has 4 rings (SSSR count). The van der Waals surface area contributed by atoms with Gasteiger partial charge in [-0.15, -0.1) is 5.10 Å². The largest absolute Gasteiger partial charge is 0.497 e. The summed E-state index contributed by atoms with van der Waals surface area (Å²) in [4.78, 5) is 13.0. The Hall–Kier alpha value is -3.71. The van der Waals surface area contributed by atoms with Gasteiger partial charge in [-0.2, -0.15) is 0 Å². The summed E-state index contributed by atoms with van der Waals surface area (Å²) < 4.78 is 18.3. The monoisotopic (exact) mass is 501 g/mol. The Balaban J connectivity index is 1.70. The lowest BCUT2D eigenvalue weighted by Gasteiger charge is -2.34. The van der Waals surface area contributed by atoms with E-state index in [2.05, 4.69) is 41.5 Å². The van der Waals surface area contributed by atoms with E-state index in [-0.39, 0.29) is 11.9 Å². The van der Waals surface area contributed by atoms with E-state index in [0.29, 0.717) is 13.2 Å². The molecule has 0 amide bonds. The second-order valence-electron chi connectivity index (χ2n) is 10.0. The number of hydrogen-bond donors (Lipinski definition) is 0. The Morgan fingerprint density at radius 2 is 1.73 bits per heavy atom. The van der Waals surface area contributed by atoms with Gasteiger partial charge in [-0.05, 0) is 79.3 Å². The van der Waals surface area contributed by atoms with E-state index in [1.807, 2.05) is 58.2 Å². The fraction of sp³-hybridized carbons (Fsp3) is 0.367. The highest BCUT2D eigenvalue weighted by Gasteiger charge is 2.41. The first-order valence-corrected chi connectivity index (χ1v) is 12.3. The lowest BCUT2D eigenvalue weighted by Crippen LogP contribution is -2.34. The number of carbonyl (C=O) groups excluding carboxylic acids is 1. The Morgan fingerprint density at radius 1 is 1.00 bits per heavy atom. The van der Waals surface area contributed by atoms with Crippen LogP contribution in [0.4, 0.5) is 0 Å². The SMILES string of the molecule is COC(=O)C(C)(C)[C@@H](c1ccc(C)c(COCc2ccc(OC)cc2)c1)c1ccc2c(nnn2C)c1C. The molecule has 0 saturated heterocycles. The summed E-state index contributed by atoms with van der Waals surface area (Å²) in [6.07, 6.45) is 0. The molecule has 0 bridgehead atoms. The quantitative estimate of drug-likeness (QED) is 0.276. The van der Waals surface area contributed by atoms with Gasteiger partial charge in [0.15, 0.2) is 0 Å². The molecule has 1 aromatic heterocycles. The number of aryl methyl sites for hydroxylation is 3. The van der Waals surface area contributed by atoms with Crippen LogP contribution in [0.1, 0.15) is 53.1 Å². The van der Waals surface area contributed by atoms with Crippen LogP contribution >= 0.6 is 0 Å². The maximum atomic E-state index is 13.0. The van der Waals surface area contributed by atoms with Crippen LogP contribution in [0.5, 0.6) is 5.75 Å². The molecule has 0 unspecified atom stereocenters. The summed E-state index contributed by atoms with van der Waals surface area (Å²) in [5.41, 5.74) is 7.30. The van der Waals surface area contributed by atoms with Crippen LogP contribution in [0.15, 0.2) is 54.6 Å². The number of nitrogens with zero attached hydrogens (tertiary/aromatic N) is 3. The Kier molecular flexibility index (Phi) is 7.64. The minimum Gasteiger partial charge on any atom is -0.497 e. The van der Waals surface area contributed by atoms with Crippen LogP contribution in [0, 0.1) is 19.3 Å². The number of benzene rings is 3. The highest BCUT2D eigenvalue weighted by atomic mass is 16.5. The van der Waals surface area contributed by atoms with Crippen molar-refractivity contribution in [3.8, 4) is 5.75 Å². The maximum Gasteiger partial charge on any atom is 0.312 e. The predicted molar refractivity (Wildman–Crippen MR) is 144 cm³/mol. The molecule has 0 aliphatic heterocycles. The summed E-state index contributed by atoms with van der Waals surface area (Å²) in [7, 11) is 4.97. The van der Waals surface area contributed by atoms with Crippen molar-refractivity contribution < 1.29 is 19.0 Å². The van der Waals surface area contributed by atoms with Crippen molar-refractivity contribution in [3.63, 3.8) is 0 Å². The van der Waals surface area contributed by atoms with E-state index in [4.69, 9.17) is 14.2 Å². The predicted octanol–water partition coefficient (Wildman–Crippen LogP) is 5.64. The van der Waals surface area contributed by atoms with Crippen LogP contribution in [0.2, 0.25) is 0 Å². The Morgan fingerprint density at radius 3 is 2.41 bits per heavy atom. The fourth-order valence-corrected chi connectivity index (χ4v) is 4.95. The van der Waals surface area contributed by atoms with Gasteiger partial charge in [-0.1, -0.05) is 41.6 Å². The molecule has 37 heavy (non-hydrogen) atoms. The standard InChI is InChI=1S/C30H35N3O4/c1-19-8-11-22(16-23(19)18-37-17-21-9-12-24(35-6)13-10-21)27(30(3,4)29(34)36-7)25-14-15-26-28(20(25)2)31-32-33(26)5/h8-16,27H,17-18H2,1-7H3/t27-/m0/s1. The number of esters is 1. The van der Waals surface area contributed by atoms with Gasteiger partial charge in [0.05, 0.1) is 38.4 Å². The summed E-state index contributed by atoms with van der Waals surface area (Å²) in [5, 5.41) is 8.57. The van der Waals surface area contributed by atoms with E-state index in [1.165, 1.54) is 7.11 Å². The lowest BCUT2D eigenvalue weighted by atomic mass is 9.69. The van der Waals surface area contributed by atoms with Crippen LogP contribution in [0.25, 0.3) is 11.0 Å². The molecule has 0 aliphatic rings. The Labute approximate surface area is 218 Å². The van der Waals surface area contributed by atoms with Crippen molar-refractivity contribution in [3.05, 3.63) is 88.0 Å².